The van der Waals surface area contributed by atoms with Gasteiger partial charge in [0.25, 0.3) is 0 Å². The first-order valence-electron chi connectivity index (χ1n) is 6.31. The number of furan rings is 1. The Morgan fingerprint density at radius 2 is 1.75 bits per heavy atom. The maximum Gasteiger partial charge on any atom is 0.303 e. The van der Waals surface area contributed by atoms with E-state index in [1.165, 1.54) is 0 Å². The Bertz CT molecular complexity index is 652. The Balaban J connectivity index is 2.42. The average Bonchev–Trinajstić information content (AvgIpc) is 2.62. The van der Waals surface area contributed by atoms with E-state index in [1.807, 2.05) is 19.9 Å². The number of fused-ring (bicyclic) bond motifs is 1. The lowest BCUT2D eigenvalue weighted by Gasteiger charge is -2.12. The molecule has 0 unspecified atom stereocenters. The van der Waals surface area contributed by atoms with Crippen LogP contribution in [-0.4, -0.2) is 22.2 Å². The van der Waals surface area contributed by atoms with E-state index in [0.717, 1.165) is 16.7 Å². The van der Waals surface area contributed by atoms with Crippen LogP contribution in [0.2, 0.25) is 0 Å². The fourth-order valence-electron chi connectivity index (χ4n) is 2.35. The fraction of sp³-hybridized carbons (Fsp3) is 0.333. The normalized spacial score (nSPS) is 11.2. The second-order valence-corrected chi connectivity index (χ2v) is 4.93. The molecular formula is C15H16O5. The van der Waals surface area contributed by atoms with Crippen LogP contribution < -0.4 is 0 Å². The molecule has 0 saturated carbocycles. The van der Waals surface area contributed by atoms with E-state index >= 15 is 0 Å². The average molecular weight is 276 g/mol. The summed E-state index contributed by atoms with van der Waals surface area (Å²) < 4.78 is 5.60. The van der Waals surface area contributed by atoms with Crippen molar-refractivity contribution < 1.29 is 24.2 Å². The minimum absolute atomic E-state index is 0.212. The number of carboxylic acids is 2. The molecule has 5 heteroatoms. The number of hydrogen-bond acceptors (Lipinski definition) is 3. The summed E-state index contributed by atoms with van der Waals surface area (Å²) in [4.78, 5) is 21.7. The summed E-state index contributed by atoms with van der Waals surface area (Å²) in [6.07, 6.45) is -0.424. The van der Waals surface area contributed by atoms with Crippen molar-refractivity contribution in [3.8, 4) is 0 Å². The molecule has 20 heavy (non-hydrogen) atoms. The van der Waals surface area contributed by atoms with Gasteiger partial charge < -0.3 is 14.6 Å². The molecule has 0 bridgehead atoms. The summed E-state index contributed by atoms with van der Waals surface area (Å²) in [6.45, 7) is 3.81. The largest absolute Gasteiger partial charge is 0.481 e. The molecule has 1 aromatic heterocycles. The van der Waals surface area contributed by atoms with Crippen molar-refractivity contribution in [2.75, 3.05) is 0 Å². The van der Waals surface area contributed by atoms with E-state index in [-0.39, 0.29) is 12.8 Å². The summed E-state index contributed by atoms with van der Waals surface area (Å²) >= 11 is 0. The highest BCUT2D eigenvalue weighted by atomic mass is 16.4. The molecular weight excluding hydrogens is 260 g/mol. The summed E-state index contributed by atoms with van der Waals surface area (Å²) in [5.41, 5.74) is 2.38. The van der Waals surface area contributed by atoms with Gasteiger partial charge >= 0.3 is 11.9 Å². The van der Waals surface area contributed by atoms with Gasteiger partial charge in [0.05, 0.1) is 12.8 Å². The number of aliphatic carboxylic acids is 2. The molecule has 0 saturated heterocycles. The maximum atomic E-state index is 10.9. The highest BCUT2D eigenvalue weighted by molar-refractivity contribution is 5.83. The first kappa shape index (κ1) is 14.1. The van der Waals surface area contributed by atoms with Crippen molar-refractivity contribution in [1.29, 1.82) is 0 Å². The molecule has 2 N–H and O–H groups in total. The molecule has 2 rings (SSSR count). The standard InChI is InChI=1S/C15H16O5/c1-8-9(2)20-13-5-10(3-4-12(8)13)11(6-14(16)17)7-15(18)19/h3-5,11H,6-7H2,1-2H3,(H,16,17)(H,18,19). The van der Waals surface area contributed by atoms with E-state index in [1.54, 1.807) is 12.1 Å². The Labute approximate surface area is 115 Å². The number of carbonyl (C=O) groups is 2. The monoisotopic (exact) mass is 276 g/mol. The van der Waals surface area contributed by atoms with Crippen LogP contribution in [0.4, 0.5) is 0 Å². The van der Waals surface area contributed by atoms with Gasteiger partial charge in [0, 0.05) is 11.3 Å². The maximum absolute atomic E-state index is 10.9. The van der Waals surface area contributed by atoms with E-state index in [4.69, 9.17) is 14.6 Å². The van der Waals surface area contributed by atoms with Gasteiger partial charge in [-0.1, -0.05) is 12.1 Å². The Kier molecular flexibility index (Phi) is 3.79. The summed E-state index contributed by atoms with van der Waals surface area (Å²) in [5, 5.41) is 18.8. The van der Waals surface area contributed by atoms with Crippen molar-refractivity contribution in [3.63, 3.8) is 0 Å². The predicted molar refractivity (Wildman–Crippen MR) is 72.9 cm³/mol. The Hall–Kier alpha value is -2.30. The number of rotatable bonds is 5. The second kappa shape index (κ2) is 5.36. The fourth-order valence-corrected chi connectivity index (χ4v) is 2.35. The third-order valence-corrected chi connectivity index (χ3v) is 3.51. The predicted octanol–water partition coefficient (Wildman–Crippen LogP) is 3.08. The zero-order chi connectivity index (χ0) is 14.9. The number of hydrogen-bond donors (Lipinski definition) is 2. The molecule has 0 aliphatic carbocycles. The van der Waals surface area contributed by atoms with Gasteiger partial charge in [-0.3, -0.25) is 9.59 Å². The van der Waals surface area contributed by atoms with Crippen molar-refractivity contribution in [3.05, 3.63) is 35.1 Å². The van der Waals surface area contributed by atoms with Crippen LogP contribution in [0.15, 0.2) is 22.6 Å². The molecule has 1 heterocycles. The summed E-state index contributed by atoms with van der Waals surface area (Å²) in [5.74, 6) is -1.77. The number of carboxylic acid groups (broad SMARTS) is 2. The van der Waals surface area contributed by atoms with Crippen molar-refractivity contribution in [1.82, 2.24) is 0 Å². The molecule has 1 aromatic carbocycles. The highest BCUT2D eigenvalue weighted by Crippen LogP contribution is 2.30. The van der Waals surface area contributed by atoms with Gasteiger partial charge in [0.2, 0.25) is 0 Å². The molecule has 0 spiro atoms. The lowest BCUT2D eigenvalue weighted by Crippen LogP contribution is -2.11. The van der Waals surface area contributed by atoms with Gasteiger partial charge in [-0.05, 0) is 31.0 Å². The topological polar surface area (TPSA) is 87.7 Å². The molecule has 0 aliphatic rings. The third-order valence-electron chi connectivity index (χ3n) is 3.51. The van der Waals surface area contributed by atoms with Crippen LogP contribution in [0.25, 0.3) is 11.0 Å². The van der Waals surface area contributed by atoms with Crippen LogP contribution in [0.1, 0.15) is 35.6 Å². The lowest BCUT2D eigenvalue weighted by molar-refractivity contribution is -0.139. The van der Waals surface area contributed by atoms with Gasteiger partial charge in [-0.2, -0.15) is 0 Å². The lowest BCUT2D eigenvalue weighted by atomic mass is 9.92. The number of aryl methyl sites for hydroxylation is 2. The van der Waals surface area contributed by atoms with E-state index in [2.05, 4.69) is 0 Å². The molecule has 0 atom stereocenters. The van der Waals surface area contributed by atoms with E-state index < -0.39 is 17.9 Å². The number of benzene rings is 1. The molecule has 5 nitrogen and oxygen atoms in total. The van der Waals surface area contributed by atoms with E-state index in [9.17, 15) is 9.59 Å². The SMILES string of the molecule is Cc1oc2cc(C(CC(=O)O)CC(=O)O)ccc2c1C. The van der Waals surface area contributed by atoms with Gasteiger partial charge in [0.1, 0.15) is 11.3 Å². The van der Waals surface area contributed by atoms with Crippen molar-refractivity contribution >= 4 is 22.9 Å². The smallest absolute Gasteiger partial charge is 0.303 e. The first-order valence-corrected chi connectivity index (χ1v) is 6.31. The van der Waals surface area contributed by atoms with E-state index in [0.29, 0.717) is 11.1 Å². The van der Waals surface area contributed by atoms with Crippen LogP contribution >= 0.6 is 0 Å². The van der Waals surface area contributed by atoms with Gasteiger partial charge in [0.15, 0.2) is 0 Å². The molecule has 0 radical (unpaired) electrons. The zero-order valence-corrected chi connectivity index (χ0v) is 11.3. The highest BCUT2D eigenvalue weighted by Gasteiger charge is 2.20. The minimum atomic E-state index is -1.01. The molecule has 0 aliphatic heterocycles. The Morgan fingerprint density at radius 1 is 1.15 bits per heavy atom. The summed E-state index contributed by atoms with van der Waals surface area (Å²) in [7, 11) is 0. The molecule has 106 valence electrons. The first-order chi connectivity index (χ1) is 9.38. The molecule has 0 fully saturated rings. The quantitative estimate of drug-likeness (QED) is 0.876. The third kappa shape index (κ3) is 2.82. The molecule has 0 amide bonds. The van der Waals surface area contributed by atoms with Crippen LogP contribution in [-0.2, 0) is 9.59 Å². The minimum Gasteiger partial charge on any atom is -0.481 e. The van der Waals surface area contributed by atoms with Crippen LogP contribution in [0, 0.1) is 13.8 Å². The second-order valence-electron chi connectivity index (χ2n) is 4.93. The Morgan fingerprint density at radius 3 is 2.30 bits per heavy atom. The molecule has 2 aromatic rings. The van der Waals surface area contributed by atoms with Crippen molar-refractivity contribution in [2.24, 2.45) is 0 Å². The van der Waals surface area contributed by atoms with Gasteiger partial charge in [-0.25, -0.2) is 0 Å². The van der Waals surface area contributed by atoms with Gasteiger partial charge in [-0.15, -0.1) is 0 Å². The summed E-state index contributed by atoms with van der Waals surface area (Å²) in [6, 6.07) is 5.37. The zero-order valence-electron chi connectivity index (χ0n) is 11.3. The van der Waals surface area contributed by atoms with Crippen molar-refractivity contribution in [2.45, 2.75) is 32.6 Å². The van der Waals surface area contributed by atoms with Crippen LogP contribution in [0.3, 0.4) is 0 Å². The van der Waals surface area contributed by atoms with Crippen LogP contribution in [0.5, 0.6) is 0 Å².